The lowest BCUT2D eigenvalue weighted by atomic mass is 10.1. The highest BCUT2D eigenvalue weighted by molar-refractivity contribution is 5.93. The van der Waals surface area contributed by atoms with Crippen LogP contribution in [0.2, 0.25) is 0 Å². The first kappa shape index (κ1) is 13.5. The van der Waals surface area contributed by atoms with Gasteiger partial charge in [0.2, 0.25) is 0 Å². The summed E-state index contributed by atoms with van der Waals surface area (Å²) in [6.45, 7) is 1.54. The van der Waals surface area contributed by atoms with Crippen LogP contribution in [-0.4, -0.2) is 46.9 Å². The number of nitrogens with zero attached hydrogens (tertiary/aromatic N) is 2. The Morgan fingerprint density at radius 3 is 2.59 bits per heavy atom. The highest BCUT2D eigenvalue weighted by Crippen LogP contribution is 2.13. The van der Waals surface area contributed by atoms with Gasteiger partial charge in [0.25, 0.3) is 5.91 Å². The van der Waals surface area contributed by atoms with Crippen LogP contribution in [0.15, 0.2) is 12.1 Å². The van der Waals surface area contributed by atoms with Crippen molar-refractivity contribution in [3.8, 4) is 0 Å². The summed E-state index contributed by atoms with van der Waals surface area (Å²) in [6, 6.07) is 2.90. The quantitative estimate of drug-likeness (QED) is 0.607. The Bertz CT molecular complexity index is 430. The van der Waals surface area contributed by atoms with Crippen LogP contribution < -0.4 is 5.32 Å². The van der Waals surface area contributed by atoms with Gasteiger partial charge in [-0.15, -0.1) is 12.4 Å². The summed E-state index contributed by atoms with van der Waals surface area (Å²) in [5, 5.41) is 13.5. The monoisotopic (exact) mass is 260 g/mol. The van der Waals surface area contributed by atoms with E-state index in [9.17, 15) is 14.9 Å². The summed E-state index contributed by atoms with van der Waals surface area (Å²) < 4.78 is 0. The van der Waals surface area contributed by atoms with E-state index in [1.54, 1.807) is 11.9 Å². The van der Waals surface area contributed by atoms with E-state index in [1.165, 1.54) is 12.1 Å². The average Bonchev–Trinajstić information content (AvgIpc) is 2.62. The lowest BCUT2D eigenvalue weighted by Gasteiger charge is -2.34. The molecule has 1 aliphatic rings. The molecular formula is C9H13ClN4O3. The number of halogens is 1. The molecule has 1 amide bonds. The minimum atomic E-state index is -0.554. The summed E-state index contributed by atoms with van der Waals surface area (Å²) >= 11 is 0. The molecule has 2 rings (SSSR count). The molecule has 0 aliphatic carbocycles. The average molecular weight is 261 g/mol. The minimum Gasteiger partial charge on any atom is -0.358 e. The largest absolute Gasteiger partial charge is 0.358 e. The molecular weight excluding hydrogens is 248 g/mol. The maximum absolute atomic E-state index is 11.9. The lowest BCUT2D eigenvalue weighted by molar-refractivity contribution is -0.389. The van der Waals surface area contributed by atoms with Crippen molar-refractivity contribution < 1.29 is 9.72 Å². The van der Waals surface area contributed by atoms with Gasteiger partial charge >= 0.3 is 5.82 Å². The Balaban J connectivity index is 0.00000144. The molecule has 1 aromatic heterocycles. The van der Waals surface area contributed by atoms with Crippen LogP contribution in [0.4, 0.5) is 5.82 Å². The molecule has 1 aromatic rings. The van der Waals surface area contributed by atoms with Gasteiger partial charge in [0, 0.05) is 26.2 Å². The van der Waals surface area contributed by atoms with Crippen molar-refractivity contribution in [1.29, 1.82) is 0 Å². The number of nitrogens with one attached hydrogen (secondary N) is 2. The summed E-state index contributed by atoms with van der Waals surface area (Å²) in [7, 11) is 1.69. The normalized spacial score (nSPS) is 14.6. The van der Waals surface area contributed by atoms with Crippen LogP contribution >= 0.6 is 12.4 Å². The van der Waals surface area contributed by atoms with Gasteiger partial charge in [-0.05, 0) is 11.0 Å². The standard InChI is InChI=1S/C9H12N4O3.ClH/c1-12(6-4-10-5-6)9(14)7-2-3-8(11-7)13(15)16;/h2-3,6,10-11H,4-5H2,1H3;1H. The first-order valence-corrected chi connectivity index (χ1v) is 4.91. The van der Waals surface area contributed by atoms with Gasteiger partial charge in [0.1, 0.15) is 0 Å². The Hall–Kier alpha value is -1.60. The topological polar surface area (TPSA) is 91.3 Å². The predicted molar refractivity (Wildman–Crippen MR) is 63.4 cm³/mol. The number of aromatic amines is 1. The van der Waals surface area contributed by atoms with Crippen LogP contribution in [0, 0.1) is 10.1 Å². The highest BCUT2D eigenvalue weighted by Gasteiger charge is 2.28. The van der Waals surface area contributed by atoms with Crippen molar-refractivity contribution in [3.05, 3.63) is 27.9 Å². The van der Waals surface area contributed by atoms with Crippen molar-refractivity contribution in [3.63, 3.8) is 0 Å². The predicted octanol–water partition coefficient (Wildman–Crippen LogP) is 0.389. The third-order valence-corrected chi connectivity index (χ3v) is 2.73. The van der Waals surface area contributed by atoms with Crippen LogP contribution in [0.5, 0.6) is 0 Å². The summed E-state index contributed by atoms with van der Waals surface area (Å²) in [6.07, 6.45) is 0. The molecule has 2 N–H and O–H groups in total. The third-order valence-electron chi connectivity index (χ3n) is 2.73. The molecule has 0 aromatic carbocycles. The smallest absolute Gasteiger partial charge is 0.321 e. The molecule has 0 atom stereocenters. The van der Waals surface area contributed by atoms with Gasteiger partial charge in [0.15, 0.2) is 5.69 Å². The van der Waals surface area contributed by atoms with Crippen molar-refractivity contribution in [1.82, 2.24) is 15.2 Å². The summed E-state index contributed by atoms with van der Waals surface area (Å²) in [5.74, 6) is -0.386. The number of rotatable bonds is 3. The molecule has 8 heteroatoms. The van der Waals surface area contributed by atoms with Crippen molar-refractivity contribution in [2.24, 2.45) is 0 Å². The van der Waals surface area contributed by atoms with E-state index >= 15 is 0 Å². The fraction of sp³-hybridized carbons (Fsp3) is 0.444. The maximum Gasteiger partial charge on any atom is 0.321 e. The molecule has 94 valence electrons. The van der Waals surface area contributed by atoms with Crippen LogP contribution in [-0.2, 0) is 0 Å². The Labute approximate surface area is 104 Å². The maximum atomic E-state index is 11.9. The van der Waals surface area contributed by atoms with E-state index in [0.717, 1.165) is 13.1 Å². The van der Waals surface area contributed by atoms with Gasteiger partial charge in [-0.2, -0.15) is 0 Å². The second-order valence-corrected chi connectivity index (χ2v) is 3.74. The number of aromatic nitrogens is 1. The van der Waals surface area contributed by atoms with Crippen molar-refractivity contribution in [2.45, 2.75) is 6.04 Å². The molecule has 17 heavy (non-hydrogen) atoms. The zero-order chi connectivity index (χ0) is 11.7. The number of carbonyl (C=O) groups is 1. The molecule has 1 fully saturated rings. The van der Waals surface area contributed by atoms with E-state index < -0.39 is 4.92 Å². The first-order chi connectivity index (χ1) is 7.59. The van der Waals surface area contributed by atoms with Crippen LogP contribution in [0.25, 0.3) is 0 Å². The Morgan fingerprint density at radius 2 is 2.18 bits per heavy atom. The first-order valence-electron chi connectivity index (χ1n) is 4.91. The molecule has 0 saturated carbocycles. The van der Waals surface area contributed by atoms with Crippen LogP contribution in [0.3, 0.4) is 0 Å². The number of likely N-dealkylation sites (N-methyl/N-ethyl adjacent to an activating group) is 1. The zero-order valence-corrected chi connectivity index (χ0v) is 9.99. The molecule has 1 saturated heterocycles. The molecule has 1 aliphatic heterocycles. The lowest BCUT2D eigenvalue weighted by Crippen LogP contribution is -2.57. The fourth-order valence-corrected chi connectivity index (χ4v) is 1.52. The Kier molecular flexibility index (Phi) is 4.08. The molecule has 2 heterocycles. The number of hydrogen-bond donors (Lipinski definition) is 2. The SMILES string of the molecule is CN(C(=O)c1ccc([N+](=O)[O-])[nH]1)C1CNC1.Cl. The van der Waals surface area contributed by atoms with Gasteiger partial charge in [-0.1, -0.05) is 0 Å². The van der Waals surface area contributed by atoms with Gasteiger partial charge in [-0.3, -0.25) is 4.79 Å². The van der Waals surface area contributed by atoms with E-state index in [-0.39, 0.29) is 35.9 Å². The van der Waals surface area contributed by atoms with E-state index in [0.29, 0.717) is 0 Å². The van der Waals surface area contributed by atoms with E-state index in [2.05, 4.69) is 10.3 Å². The molecule has 7 nitrogen and oxygen atoms in total. The second kappa shape index (κ2) is 5.15. The van der Waals surface area contributed by atoms with Gasteiger partial charge in [-0.25, -0.2) is 4.98 Å². The number of carbonyl (C=O) groups excluding carboxylic acids is 1. The highest BCUT2D eigenvalue weighted by atomic mass is 35.5. The van der Waals surface area contributed by atoms with Crippen molar-refractivity contribution >= 4 is 24.1 Å². The Morgan fingerprint density at radius 1 is 1.53 bits per heavy atom. The fourth-order valence-electron chi connectivity index (χ4n) is 1.52. The van der Waals surface area contributed by atoms with E-state index in [1.807, 2.05) is 0 Å². The second-order valence-electron chi connectivity index (χ2n) is 3.74. The van der Waals surface area contributed by atoms with Gasteiger partial charge in [0.05, 0.1) is 6.04 Å². The molecule has 0 bridgehead atoms. The molecule has 0 unspecified atom stereocenters. The number of amides is 1. The summed E-state index contributed by atoms with van der Waals surface area (Å²) in [5.41, 5.74) is 0.251. The zero-order valence-electron chi connectivity index (χ0n) is 9.17. The number of H-pyrrole nitrogens is 1. The van der Waals surface area contributed by atoms with Crippen LogP contribution in [0.1, 0.15) is 10.5 Å². The van der Waals surface area contributed by atoms with Crippen molar-refractivity contribution in [2.75, 3.05) is 20.1 Å². The number of hydrogen-bond acceptors (Lipinski definition) is 4. The third kappa shape index (κ3) is 2.56. The molecule has 0 radical (unpaired) electrons. The minimum absolute atomic E-state index is 0. The summed E-state index contributed by atoms with van der Waals surface area (Å²) in [4.78, 5) is 25.8. The van der Waals surface area contributed by atoms with E-state index in [4.69, 9.17) is 0 Å². The number of nitro groups is 1. The molecule has 0 spiro atoms. The van der Waals surface area contributed by atoms with Gasteiger partial charge < -0.3 is 20.3 Å².